The van der Waals surface area contributed by atoms with Crippen LogP contribution in [0.3, 0.4) is 0 Å². The van der Waals surface area contributed by atoms with Crippen molar-refractivity contribution in [2.45, 2.75) is 18.7 Å². The molecule has 38 heavy (non-hydrogen) atoms. The molecule has 2 aliphatic rings. The lowest BCUT2D eigenvalue weighted by Crippen LogP contribution is -2.29. The first-order chi connectivity index (χ1) is 18.3. The summed E-state index contributed by atoms with van der Waals surface area (Å²) in [6, 6.07) is 17.3. The summed E-state index contributed by atoms with van der Waals surface area (Å²) in [6.45, 7) is 6.24. The number of ether oxygens (including phenoxy) is 2. The fourth-order valence-corrected chi connectivity index (χ4v) is 5.98. The Bertz CT molecular complexity index is 1520. The van der Waals surface area contributed by atoms with Crippen LogP contribution in [0.5, 0.6) is 11.5 Å². The summed E-state index contributed by atoms with van der Waals surface area (Å²) < 4.78 is 36.8. The predicted octanol–water partition coefficient (Wildman–Crippen LogP) is 5.12. The molecule has 3 aromatic carbocycles. The molecule has 8 nitrogen and oxygen atoms in total. The van der Waals surface area contributed by atoms with E-state index in [-0.39, 0.29) is 23.3 Å². The molecule has 0 bridgehead atoms. The largest absolute Gasteiger partial charge is 0.454 e. The highest BCUT2D eigenvalue weighted by molar-refractivity contribution is 7.91. The summed E-state index contributed by atoms with van der Waals surface area (Å²) in [6.07, 6.45) is 0. The molecule has 1 amide bonds. The van der Waals surface area contributed by atoms with Crippen LogP contribution >= 0.6 is 11.6 Å². The van der Waals surface area contributed by atoms with E-state index in [0.717, 1.165) is 13.1 Å². The van der Waals surface area contributed by atoms with Crippen molar-refractivity contribution in [3.05, 3.63) is 76.8 Å². The molecular weight excluding hydrogens is 526 g/mol. The maximum Gasteiger partial charge on any atom is 0.258 e. The second-order valence-corrected chi connectivity index (χ2v) is 11.5. The Hall–Kier alpha value is -3.53. The van der Waals surface area contributed by atoms with Gasteiger partial charge in [0, 0.05) is 28.4 Å². The standard InChI is InChI=1S/C28H28ClN3O5S/c1-3-32(4-2)13-14-38(34,35)21-9-7-20(8-10-21)30-27(18-5-12-24-25(15-18)37-17-36-24)26-22-11-6-19(29)16-23(22)31-28(26)33/h5-12,15-16,30H,3-4,13-14,17H2,1-2H3,(H,31,33)/b27-26-. The molecule has 0 radical (unpaired) electrons. The summed E-state index contributed by atoms with van der Waals surface area (Å²) in [4.78, 5) is 15.5. The van der Waals surface area contributed by atoms with Crippen molar-refractivity contribution in [1.82, 2.24) is 4.90 Å². The molecule has 0 atom stereocenters. The average molecular weight is 554 g/mol. The van der Waals surface area contributed by atoms with Crippen LogP contribution in [-0.4, -0.2) is 51.4 Å². The second-order valence-electron chi connectivity index (χ2n) is 8.96. The predicted molar refractivity (Wildman–Crippen MR) is 149 cm³/mol. The topological polar surface area (TPSA) is 97.0 Å². The zero-order chi connectivity index (χ0) is 26.9. The molecule has 2 N–H and O–H groups in total. The molecule has 0 saturated heterocycles. The van der Waals surface area contributed by atoms with E-state index in [1.807, 2.05) is 26.0 Å². The van der Waals surface area contributed by atoms with Crippen molar-refractivity contribution in [2.24, 2.45) is 0 Å². The van der Waals surface area contributed by atoms with Gasteiger partial charge in [0.05, 0.1) is 27.6 Å². The van der Waals surface area contributed by atoms with Gasteiger partial charge in [-0.2, -0.15) is 0 Å². The zero-order valence-electron chi connectivity index (χ0n) is 21.1. The molecule has 2 heterocycles. The van der Waals surface area contributed by atoms with Crippen molar-refractivity contribution in [2.75, 3.05) is 42.8 Å². The highest BCUT2D eigenvalue weighted by atomic mass is 35.5. The van der Waals surface area contributed by atoms with Crippen LogP contribution in [0.4, 0.5) is 11.4 Å². The van der Waals surface area contributed by atoms with Crippen LogP contribution in [0, 0.1) is 0 Å². The fraction of sp³-hybridized carbons (Fsp3) is 0.250. The number of amides is 1. The fourth-order valence-electron chi connectivity index (χ4n) is 4.52. The van der Waals surface area contributed by atoms with Crippen LogP contribution in [0.2, 0.25) is 5.02 Å². The van der Waals surface area contributed by atoms with Gasteiger partial charge in [-0.05, 0) is 67.7 Å². The summed E-state index contributed by atoms with van der Waals surface area (Å²) in [7, 11) is -3.44. The maximum atomic E-state index is 13.2. The molecule has 0 fully saturated rings. The molecular formula is C28H28ClN3O5S. The summed E-state index contributed by atoms with van der Waals surface area (Å²) in [5.74, 6) is 0.971. The summed E-state index contributed by atoms with van der Waals surface area (Å²) >= 11 is 6.15. The van der Waals surface area contributed by atoms with Gasteiger partial charge in [-0.3, -0.25) is 4.79 Å². The van der Waals surface area contributed by atoms with Gasteiger partial charge in [-0.1, -0.05) is 31.5 Å². The number of nitrogens with one attached hydrogen (secondary N) is 2. The number of sulfone groups is 1. The SMILES string of the molecule is CCN(CC)CCS(=O)(=O)c1ccc(N/C(=C2\C(=O)Nc3cc(Cl)ccc32)c2ccc3c(c2)OCO3)cc1. The molecule has 2 aliphatic heterocycles. The Kier molecular flexibility index (Phi) is 7.34. The van der Waals surface area contributed by atoms with Crippen molar-refractivity contribution in [3.63, 3.8) is 0 Å². The number of hydrogen-bond acceptors (Lipinski definition) is 7. The van der Waals surface area contributed by atoms with Gasteiger partial charge in [0.15, 0.2) is 21.3 Å². The van der Waals surface area contributed by atoms with E-state index in [4.69, 9.17) is 21.1 Å². The van der Waals surface area contributed by atoms with Gasteiger partial charge >= 0.3 is 0 Å². The van der Waals surface area contributed by atoms with E-state index in [1.165, 1.54) is 0 Å². The summed E-state index contributed by atoms with van der Waals surface area (Å²) in [5.41, 5.74) is 3.63. The number of fused-ring (bicyclic) bond motifs is 2. The lowest BCUT2D eigenvalue weighted by Gasteiger charge is -2.18. The third-order valence-corrected chi connectivity index (χ3v) is 8.64. The third kappa shape index (κ3) is 5.22. The number of carbonyl (C=O) groups is 1. The molecule has 0 unspecified atom stereocenters. The van der Waals surface area contributed by atoms with Crippen LogP contribution in [0.15, 0.2) is 65.6 Å². The van der Waals surface area contributed by atoms with E-state index in [0.29, 0.717) is 56.8 Å². The Labute approximate surface area is 227 Å². The molecule has 5 rings (SSSR count). The number of benzene rings is 3. The van der Waals surface area contributed by atoms with Gasteiger partial charge in [-0.25, -0.2) is 8.42 Å². The van der Waals surface area contributed by atoms with Gasteiger partial charge in [0.2, 0.25) is 6.79 Å². The van der Waals surface area contributed by atoms with E-state index in [1.54, 1.807) is 48.5 Å². The Balaban J connectivity index is 1.50. The Morgan fingerprint density at radius 2 is 1.74 bits per heavy atom. The van der Waals surface area contributed by atoms with Crippen LogP contribution in [0.1, 0.15) is 25.0 Å². The lowest BCUT2D eigenvalue weighted by atomic mass is 9.99. The van der Waals surface area contributed by atoms with Crippen molar-refractivity contribution in [3.8, 4) is 11.5 Å². The molecule has 10 heteroatoms. The molecule has 0 spiro atoms. The summed E-state index contributed by atoms with van der Waals surface area (Å²) in [5, 5.41) is 6.74. The average Bonchev–Trinajstić information content (AvgIpc) is 3.51. The first kappa shape index (κ1) is 26.1. The molecule has 0 saturated carbocycles. The van der Waals surface area contributed by atoms with Gasteiger partial charge < -0.3 is 25.0 Å². The molecule has 0 aromatic heterocycles. The molecule has 198 valence electrons. The number of carbonyl (C=O) groups excluding carboxylic acids is 1. The van der Waals surface area contributed by atoms with E-state index < -0.39 is 9.84 Å². The smallest absolute Gasteiger partial charge is 0.258 e. The number of halogens is 1. The molecule has 3 aromatic rings. The van der Waals surface area contributed by atoms with Crippen molar-refractivity contribution < 1.29 is 22.7 Å². The first-order valence-corrected chi connectivity index (χ1v) is 14.4. The minimum Gasteiger partial charge on any atom is -0.454 e. The number of hydrogen-bond donors (Lipinski definition) is 2. The van der Waals surface area contributed by atoms with Gasteiger partial charge in [0.1, 0.15) is 0 Å². The third-order valence-electron chi connectivity index (χ3n) is 6.69. The minimum atomic E-state index is -3.44. The van der Waals surface area contributed by atoms with Crippen LogP contribution in [0.25, 0.3) is 11.3 Å². The second kappa shape index (κ2) is 10.7. The highest BCUT2D eigenvalue weighted by Gasteiger charge is 2.29. The Morgan fingerprint density at radius 1 is 1.00 bits per heavy atom. The van der Waals surface area contributed by atoms with Crippen molar-refractivity contribution in [1.29, 1.82) is 0 Å². The van der Waals surface area contributed by atoms with Crippen LogP contribution in [-0.2, 0) is 14.6 Å². The number of nitrogens with zero attached hydrogens (tertiary/aromatic N) is 1. The zero-order valence-corrected chi connectivity index (χ0v) is 22.7. The van der Waals surface area contributed by atoms with Gasteiger partial charge in [0.25, 0.3) is 5.91 Å². The lowest BCUT2D eigenvalue weighted by molar-refractivity contribution is -0.110. The molecule has 0 aliphatic carbocycles. The highest BCUT2D eigenvalue weighted by Crippen LogP contribution is 2.41. The quantitative estimate of drug-likeness (QED) is 0.355. The normalized spacial score (nSPS) is 15.4. The van der Waals surface area contributed by atoms with Crippen LogP contribution < -0.4 is 20.1 Å². The van der Waals surface area contributed by atoms with E-state index in [9.17, 15) is 13.2 Å². The number of rotatable bonds is 9. The number of anilines is 2. The first-order valence-electron chi connectivity index (χ1n) is 12.4. The van der Waals surface area contributed by atoms with E-state index >= 15 is 0 Å². The monoisotopic (exact) mass is 553 g/mol. The minimum absolute atomic E-state index is 0.0491. The Morgan fingerprint density at radius 3 is 2.47 bits per heavy atom. The maximum absolute atomic E-state index is 13.2. The van der Waals surface area contributed by atoms with Gasteiger partial charge in [-0.15, -0.1) is 0 Å². The van der Waals surface area contributed by atoms with Crippen molar-refractivity contribution >= 4 is 50.0 Å². The van der Waals surface area contributed by atoms with E-state index in [2.05, 4.69) is 15.5 Å².